The first-order valence-corrected chi connectivity index (χ1v) is 3.89. The standard InChI is InChI=1S/C4H5N.C3H6O2.C2H6/c1-2-4-5-3-1;1-3(4)5-2;1-2/h1-5H;1-2H3;1-2H3. The molecule has 0 aliphatic carbocycles. The van der Waals surface area contributed by atoms with Gasteiger partial charge in [0.05, 0.1) is 7.11 Å². The predicted octanol–water partition coefficient (Wildman–Crippen LogP) is 2.22. The number of hydrogen-bond donors (Lipinski definition) is 1. The monoisotopic (exact) mass is 171 g/mol. The summed E-state index contributed by atoms with van der Waals surface area (Å²) in [5, 5.41) is 0. The molecule has 0 spiro atoms. The first-order chi connectivity index (χ1) is 5.77. The highest BCUT2D eigenvalue weighted by molar-refractivity contribution is 5.65. The van der Waals surface area contributed by atoms with Crippen molar-refractivity contribution in [1.29, 1.82) is 0 Å². The maximum absolute atomic E-state index is 9.59. The smallest absolute Gasteiger partial charge is 0.302 e. The van der Waals surface area contributed by atoms with Gasteiger partial charge in [0.1, 0.15) is 0 Å². The normalized spacial score (nSPS) is 6.67. The highest BCUT2D eigenvalue weighted by Gasteiger charge is 1.75. The molecule has 1 aromatic heterocycles. The van der Waals surface area contributed by atoms with Gasteiger partial charge in [-0.25, -0.2) is 0 Å². The number of aromatic amines is 1. The summed E-state index contributed by atoms with van der Waals surface area (Å²) in [6.45, 7) is 5.36. The Labute approximate surface area is 73.8 Å². The fourth-order valence-electron chi connectivity index (χ4n) is 0.278. The molecule has 1 heterocycles. The minimum absolute atomic E-state index is 0.245. The van der Waals surface area contributed by atoms with E-state index in [2.05, 4.69) is 9.72 Å². The van der Waals surface area contributed by atoms with Crippen LogP contribution >= 0.6 is 0 Å². The van der Waals surface area contributed by atoms with Gasteiger partial charge in [-0.3, -0.25) is 4.79 Å². The molecule has 0 saturated heterocycles. The Balaban J connectivity index is 0. The van der Waals surface area contributed by atoms with Crippen molar-refractivity contribution in [2.45, 2.75) is 20.8 Å². The fourth-order valence-corrected chi connectivity index (χ4v) is 0.278. The second-order valence-electron chi connectivity index (χ2n) is 1.58. The molecule has 70 valence electrons. The van der Waals surface area contributed by atoms with Crippen LogP contribution in [0.3, 0.4) is 0 Å². The van der Waals surface area contributed by atoms with E-state index < -0.39 is 0 Å². The lowest BCUT2D eigenvalue weighted by atomic mass is 10.7. The molecule has 0 fully saturated rings. The molecular weight excluding hydrogens is 154 g/mol. The van der Waals surface area contributed by atoms with E-state index in [1.54, 1.807) is 0 Å². The summed E-state index contributed by atoms with van der Waals surface area (Å²) in [6.07, 6.45) is 3.75. The van der Waals surface area contributed by atoms with Crippen molar-refractivity contribution < 1.29 is 9.53 Å². The SMILES string of the molecule is CC.COC(C)=O.c1cc[nH]c1. The van der Waals surface area contributed by atoms with Crippen LogP contribution in [-0.2, 0) is 9.53 Å². The van der Waals surface area contributed by atoms with Crippen LogP contribution in [0.1, 0.15) is 20.8 Å². The van der Waals surface area contributed by atoms with Crippen molar-refractivity contribution in [3.8, 4) is 0 Å². The van der Waals surface area contributed by atoms with Crippen molar-refractivity contribution in [3.05, 3.63) is 24.5 Å². The molecule has 0 aliphatic rings. The molecule has 0 unspecified atom stereocenters. The number of carbonyl (C=O) groups is 1. The summed E-state index contributed by atoms with van der Waals surface area (Å²) in [5.41, 5.74) is 0. The van der Waals surface area contributed by atoms with E-state index >= 15 is 0 Å². The van der Waals surface area contributed by atoms with E-state index in [0.29, 0.717) is 0 Å². The number of aromatic nitrogens is 1. The predicted molar refractivity (Wildman–Crippen MR) is 49.8 cm³/mol. The number of rotatable bonds is 0. The Morgan fingerprint density at radius 1 is 1.25 bits per heavy atom. The van der Waals surface area contributed by atoms with Crippen molar-refractivity contribution in [2.24, 2.45) is 0 Å². The Morgan fingerprint density at radius 3 is 1.67 bits per heavy atom. The maximum Gasteiger partial charge on any atom is 0.302 e. The minimum Gasteiger partial charge on any atom is -0.469 e. The van der Waals surface area contributed by atoms with Crippen LogP contribution < -0.4 is 0 Å². The van der Waals surface area contributed by atoms with E-state index in [0.717, 1.165) is 0 Å². The van der Waals surface area contributed by atoms with Gasteiger partial charge in [0.25, 0.3) is 0 Å². The lowest BCUT2D eigenvalue weighted by Gasteiger charge is -1.80. The van der Waals surface area contributed by atoms with E-state index in [1.165, 1.54) is 14.0 Å². The molecule has 0 aromatic carbocycles. The van der Waals surface area contributed by atoms with Crippen molar-refractivity contribution in [2.75, 3.05) is 7.11 Å². The summed E-state index contributed by atoms with van der Waals surface area (Å²) in [5.74, 6) is -0.245. The molecule has 0 radical (unpaired) electrons. The zero-order chi connectivity index (χ0) is 9.82. The number of methoxy groups -OCH3 is 1. The number of H-pyrrole nitrogens is 1. The average molecular weight is 171 g/mol. The molecule has 1 rings (SSSR count). The van der Waals surface area contributed by atoms with Crippen LogP contribution in [0.15, 0.2) is 24.5 Å². The Hall–Kier alpha value is -1.25. The third-order valence-electron chi connectivity index (χ3n) is 0.783. The van der Waals surface area contributed by atoms with Crippen LogP contribution in [0.4, 0.5) is 0 Å². The van der Waals surface area contributed by atoms with Gasteiger partial charge in [-0.15, -0.1) is 0 Å². The third-order valence-corrected chi connectivity index (χ3v) is 0.783. The van der Waals surface area contributed by atoms with E-state index in [9.17, 15) is 4.79 Å². The molecule has 12 heavy (non-hydrogen) atoms. The largest absolute Gasteiger partial charge is 0.469 e. The molecular formula is C9H17NO2. The fraction of sp³-hybridized carbons (Fsp3) is 0.444. The summed E-state index contributed by atoms with van der Waals surface area (Å²) in [4.78, 5) is 12.5. The van der Waals surface area contributed by atoms with Gasteiger partial charge in [-0.1, -0.05) is 13.8 Å². The van der Waals surface area contributed by atoms with Gasteiger partial charge in [0, 0.05) is 19.3 Å². The number of nitrogens with one attached hydrogen (secondary N) is 1. The highest BCUT2D eigenvalue weighted by Crippen LogP contribution is 1.72. The Morgan fingerprint density at radius 2 is 1.58 bits per heavy atom. The summed E-state index contributed by atoms with van der Waals surface area (Å²) in [6, 6.07) is 3.89. The van der Waals surface area contributed by atoms with E-state index in [-0.39, 0.29) is 5.97 Å². The molecule has 3 nitrogen and oxygen atoms in total. The summed E-state index contributed by atoms with van der Waals surface area (Å²) in [7, 11) is 1.35. The van der Waals surface area contributed by atoms with E-state index in [4.69, 9.17) is 0 Å². The second kappa shape index (κ2) is 12.4. The molecule has 0 saturated carbocycles. The third kappa shape index (κ3) is 15.9. The Kier molecular flexibility index (Phi) is 13.8. The first-order valence-electron chi connectivity index (χ1n) is 3.89. The Bertz CT molecular complexity index is 142. The second-order valence-corrected chi connectivity index (χ2v) is 1.58. The zero-order valence-electron chi connectivity index (χ0n) is 8.13. The van der Waals surface area contributed by atoms with E-state index in [1.807, 2.05) is 38.4 Å². The van der Waals surface area contributed by atoms with Gasteiger partial charge in [-0.2, -0.15) is 0 Å². The van der Waals surface area contributed by atoms with Gasteiger partial charge in [-0.05, 0) is 12.1 Å². The topological polar surface area (TPSA) is 42.1 Å². The molecule has 3 heteroatoms. The minimum atomic E-state index is -0.245. The van der Waals surface area contributed by atoms with Crippen molar-refractivity contribution in [1.82, 2.24) is 4.98 Å². The van der Waals surface area contributed by atoms with Crippen LogP contribution in [0.5, 0.6) is 0 Å². The van der Waals surface area contributed by atoms with Gasteiger partial charge < -0.3 is 9.72 Å². The summed E-state index contributed by atoms with van der Waals surface area (Å²) >= 11 is 0. The molecule has 1 aromatic rings. The molecule has 0 aliphatic heterocycles. The molecule has 1 N–H and O–H groups in total. The van der Waals surface area contributed by atoms with Crippen LogP contribution in [0.2, 0.25) is 0 Å². The quantitative estimate of drug-likeness (QED) is 0.608. The lowest BCUT2D eigenvalue weighted by Crippen LogP contribution is -1.88. The molecule has 0 amide bonds. The van der Waals surface area contributed by atoms with Crippen LogP contribution in [0, 0.1) is 0 Å². The number of carbonyl (C=O) groups excluding carboxylic acids is 1. The average Bonchev–Trinajstić information content (AvgIpc) is 2.65. The zero-order valence-corrected chi connectivity index (χ0v) is 8.13. The highest BCUT2D eigenvalue weighted by atomic mass is 16.5. The van der Waals surface area contributed by atoms with Crippen LogP contribution in [-0.4, -0.2) is 18.1 Å². The first kappa shape index (κ1) is 13.3. The number of esters is 1. The van der Waals surface area contributed by atoms with Crippen molar-refractivity contribution in [3.63, 3.8) is 0 Å². The number of hydrogen-bond acceptors (Lipinski definition) is 2. The number of ether oxygens (including phenoxy) is 1. The summed E-state index contributed by atoms with van der Waals surface area (Å²) < 4.78 is 4.11. The van der Waals surface area contributed by atoms with Gasteiger partial charge in [0.2, 0.25) is 0 Å². The van der Waals surface area contributed by atoms with Gasteiger partial charge in [0.15, 0.2) is 0 Å². The molecule has 0 bridgehead atoms. The van der Waals surface area contributed by atoms with Crippen molar-refractivity contribution >= 4 is 5.97 Å². The van der Waals surface area contributed by atoms with Gasteiger partial charge >= 0.3 is 5.97 Å². The van der Waals surface area contributed by atoms with Crippen LogP contribution in [0.25, 0.3) is 0 Å². The lowest BCUT2D eigenvalue weighted by molar-refractivity contribution is -0.137. The maximum atomic E-state index is 9.59. The molecule has 0 atom stereocenters.